The first-order valence-electron chi connectivity index (χ1n) is 5.48. The number of hydrogen-bond donors (Lipinski definition) is 1. The Hall–Kier alpha value is -0.820. The summed E-state index contributed by atoms with van der Waals surface area (Å²) in [6.07, 6.45) is 0.948. The highest BCUT2D eigenvalue weighted by Crippen LogP contribution is 2.26. The van der Waals surface area contributed by atoms with Crippen LogP contribution in [0, 0.1) is 0 Å². The third-order valence-electron chi connectivity index (χ3n) is 2.07. The molecule has 0 heterocycles. The molecule has 0 bridgehead atoms. The van der Waals surface area contributed by atoms with Gasteiger partial charge < -0.3 is 9.47 Å². The van der Waals surface area contributed by atoms with E-state index in [1.54, 1.807) is 0 Å². The van der Waals surface area contributed by atoms with Crippen LogP contribution in [0.4, 0.5) is 0 Å². The highest BCUT2D eigenvalue weighted by Gasteiger charge is 2.11. The van der Waals surface area contributed by atoms with Crippen molar-refractivity contribution < 1.29 is 17.9 Å². The maximum absolute atomic E-state index is 11.1. The molecule has 0 radical (unpaired) electrons. The Morgan fingerprint density at radius 1 is 1.28 bits per heavy atom. The summed E-state index contributed by atoms with van der Waals surface area (Å²) in [7, 11) is -3.74. The van der Waals surface area contributed by atoms with E-state index in [-0.39, 0.29) is 9.92 Å². The average Bonchev–Trinajstić information content (AvgIpc) is 2.29. The summed E-state index contributed by atoms with van der Waals surface area (Å²) in [6.45, 7) is 3.51. The predicted molar refractivity (Wildman–Crippen MR) is 69.4 cm³/mol. The first-order valence-corrected chi connectivity index (χ1v) is 7.40. The van der Waals surface area contributed by atoms with E-state index in [0.717, 1.165) is 6.42 Å². The minimum atomic E-state index is -3.74. The molecule has 0 aliphatic carbocycles. The number of halogens is 1. The normalized spacial score (nSPS) is 11.5. The van der Waals surface area contributed by atoms with Crippen molar-refractivity contribution in [1.29, 1.82) is 0 Å². The molecule has 0 saturated heterocycles. The van der Waals surface area contributed by atoms with Crippen molar-refractivity contribution in [3.05, 3.63) is 23.2 Å². The third kappa shape index (κ3) is 4.81. The van der Waals surface area contributed by atoms with E-state index >= 15 is 0 Å². The summed E-state index contributed by atoms with van der Waals surface area (Å²) in [5.74, 6) is 0.407. The number of benzene rings is 1. The number of rotatable bonds is 7. The van der Waals surface area contributed by atoms with Gasteiger partial charge in [0.15, 0.2) is 0 Å². The molecule has 1 rings (SSSR count). The van der Waals surface area contributed by atoms with Crippen LogP contribution < -0.4 is 9.88 Å². The second-order valence-electron chi connectivity index (χ2n) is 3.60. The van der Waals surface area contributed by atoms with Gasteiger partial charge in [0.2, 0.25) is 10.0 Å². The summed E-state index contributed by atoms with van der Waals surface area (Å²) in [6, 6.07) is 4.09. The number of nitrogens with two attached hydrogens (primary N) is 1. The summed E-state index contributed by atoms with van der Waals surface area (Å²) >= 11 is 5.89. The van der Waals surface area contributed by atoms with Crippen LogP contribution in [0.2, 0.25) is 5.02 Å². The summed E-state index contributed by atoms with van der Waals surface area (Å²) in [4.78, 5) is -0.0397. The molecular formula is C11H16ClNO4S. The van der Waals surface area contributed by atoms with E-state index in [0.29, 0.717) is 25.6 Å². The van der Waals surface area contributed by atoms with Gasteiger partial charge in [0, 0.05) is 6.61 Å². The van der Waals surface area contributed by atoms with Crippen LogP contribution in [0.1, 0.15) is 13.3 Å². The molecule has 1 aromatic rings. The largest absolute Gasteiger partial charge is 0.490 e. The summed E-state index contributed by atoms with van der Waals surface area (Å²) < 4.78 is 32.8. The van der Waals surface area contributed by atoms with Gasteiger partial charge in [-0.25, -0.2) is 13.6 Å². The van der Waals surface area contributed by atoms with Crippen LogP contribution in [0.25, 0.3) is 0 Å². The van der Waals surface area contributed by atoms with Gasteiger partial charge in [-0.2, -0.15) is 0 Å². The lowest BCUT2D eigenvalue weighted by atomic mass is 10.3. The number of sulfonamides is 1. The first-order chi connectivity index (χ1) is 8.45. The molecule has 0 spiro atoms. The molecular weight excluding hydrogens is 278 g/mol. The average molecular weight is 294 g/mol. The zero-order chi connectivity index (χ0) is 13.6. The van der Waals surface area contributed by atoms with Gasteiger partial charge >= 0.3 is 0 Å². The maximum Gasteiger partial charge on any atom is 0.238 e. The standard InChI is InChI=1S/C11H16ClNO4S/c1-2-5-16-6-7-17-11-4-3-9(8-10(11)12)18(13,14)15/h3-4,8H,2,5-7H2,1H3,(H2,13,14,15). The van der Waals surface area contributed by atoms with Crippen LogP contribution in [0.3, 0.4) is 0 Å². The first kappa shape index (κ1) is 15.2. The Morgan fingerprint density at radius 3 is 2.56 bits per heavy atom. The van der Waals surface area contributed by atoms with Gasteiger partial charge in [0.05, 0.1) is 16.5 Å². The fraction of sp³-hybridized carbons (Fsp3) is 0.455. The number of ether oxygens (including phenoxy) is 2. The van der Waals surface area contributed by atoms with Crippen LogP contribution in [0.5, 0.6) is 5.75 Å². The van der Waals surface area contributed by atoms with Gasteiger partial charge in [-0.05, 0) is 24.6 Å². The molecule has 0 aliphatic rings. The van der Waals surface area contributed by atoms with Crippen molar-refractivity contribution in [3.63, 3.8) is 0 Å². The van der Waals surface area contributed by atoms with Crippen molar-refractivity contribution in [2.75, 3.05) is 19.8 Å². The fourth-order valence-electron chi connectivity index (χ4n) is 1.23. The van der Waals surface area contributed by atoms with Gasteiger partial charge in [-0.1, -0.05) is 18.5 Å². The predicted octanol–water partition coefficient (Wildman–Crippen LogP) is 1.79. The van der Waals surface area contributed by atoms with E-state index in [4.69, 9.17) is 26.2 Å². The van der Waals surface area contributed by atoms with Crippen molar-refractivity contribution >= 4 is 21.6 Å². The molecule has 0 amide bonds. The van der Waals surface area contributed by atoms with E-state index in [1.807, 2.05) is 6.92 Å². The van der Waals surface area contributed by atoms with Gasteiger partial charge in [0.25, 0.3) is 0 Å². The smallest absolute Gasteiger partial charge is 0.238 e. The van der Waals surface area contributed by atoms with Crippen LogP contribution >= 0.6 is 11.6 Å². The van der Waals surface area contributed by atoms with E-state index < -0.39 is 10.0 Å². The molecule has 7 heteroatoms. The quantitative estimate of drug-likeness (QED) is 0.777. The Labute approximate surface area is 112 Å². The van der Waals surface area contributed by atoms with Gasteiger partial charge in [0.1, 0.15) is 12.4 Å². The Kier molecular flexibility index (Phi) is 5.87. The topological polar surface area (TPSA) is 78.6 Å². The van der Waals surface area contributed by atoms with Gasteiger partial charge in [-0.15, -0.1) is 0 Å². The minimum Gasteiger partial charge on any atom is -0.490 e. The van der Waals surface area contributed by atoms with Gasteiger partial charge in [-0.3, -0.25) is 0 Å². The lowest BCUT2D eigenvalue weighted by molar-refractivity contribution is 0.101. The van der Waals surface area contributed by atoms with E-state index in [2.05, 4.69) is 0 Å². The summed E-state index contributed by atoms with van der Waals surface area (Å²) in [5.41, 5.74) is 0. The lowest BCUT2D eigenvalue weighted by Crippen LogP contribution is -2.12. The Morgan fingerprint density at radius 2 is 2.00 bits per heavy atom. The molecule has 102 valence electrons. The third-order valence-corrected chi connectivity index (χ3v) is 3.27. The molecule has 0 aromatic heterocycles. The molecule has 0 atom stereocenters. The van der Waals surface area contributed by atoms with Crippen LogP contribution in [-0.2, 0) is 14.8 Å². The summed E-state index contributed by atoms with van der Waals surface area (Å²) in [5, 5.41) is 5.19. The van der Waals surface area contributed by atoms with E-state index in [9.17, 15) is 8.42 Å². The molecule has 1 aromatic carbocycles. The number of hydrogen-bond acceptors (Lipinski definition) is 4. The zero-order valence-electron chi connectivity index (χ0n) is 10.1. The van der Waals surface area contributed by atoms with Crippen molar-refractivity contribution in [2.45, 2.75) is 18.2 Å². The molecule has 0 unspecified atom stereocenters. The second-order valence-corrected chi connectivity index (χ2v) is 5.57. The molecule has 0 saturated carbocycles. The van der Waals surface area contributed by atoms with E-state index in [1.165, 1.54) is 18.2 Å². The molecule has 0 aliphatic heterocycles. The maximum atomic E-state index is 11.1. The molecule has 0 fully saturated rings. The van der Waals surface area contributed by atoms with Crippen LogP contribution in [-0.4, -0.2) is 28.2 Å². The monoisotopic (exact) mass is 293 g/mol. The molecule has 2 N–H and O–H groups in total. The molecule has 18 heavy (non-hydrogen) atoms. The SMILES string of the molecule is CCCOCCOc1ccc(S(N)(=O)=O)cc1Cl. The number of primary sulfonamides is 1. The highest BCUT2D eigenvalue weighted by molar-refractivity contribution is 7.89. The Balaban J connectivity index is 2.58. The minimum absolute atomic E-state index is 0.0397. The lowest BCUT2D eigenvalue weighted by Gasteiger charge is -2.09. The molecule has 5 nitrogen and oxygen atoms in total. The zero-order valence-corrected chi connectivity index (χ0v) is 11.6. The fourth-order valence-corrected chi connectivity index (χ4v) is 2.07. The van der Waals surface area contributed by atoms with Crippen molar-refractivity contribution in [3.8, 4) is 5.75 Å². The Bertz CT molecular complexity index is 490. The van der Waals surface area contributed by atoms with Crippen molar-refractivity contribution in [1.82, 2.24) is 0 Å². The highest BCUT2D eigenvalue weighted by atomic mass is 35.5. The second kappa shape index (κ2) is 6.94. The van der Waals surface area contributed by atoms with Crippen LogP contribution in [0.15, 0.2) is 23.1 Å². The van der Waals surface area contributed by atoms with Crippen molar-refractivity contribution in [2.24, 2.45) is 5.14 Å².